The minimum absolute atomic E-state index is 0.0498. The third-order valence-electron chi connectivity index (χ3n) is 4.86. The molecule has 0 fully saturated rings. The number of allylic oxidation sites excluding steroid dienone is 1. The molecule has 0 aliphatic carbocycles. The van der Waals surface area contributed by atoms with E-state index < -0.39 is 0 Å². The van der Waals surface area contributed by atoms with Crippen molar-refractivity contribution in [3.8, 4) is 10.4 Å². The Balaban J connectivity index is 1.53. The number of hydrogen-bond donors (Lipinski definition) is 0. The molecule has 6 heteroatoms. The van der Waals surface area contributed by atoms with Crippen LogP contribution in [0.4, 0.5) is 0 Å². The van der Waals surface area contributed by atoms with Crippen LogP contribution in [-0.4, -0.2) is 21.1 Å². The molecule has 0 atom stereocenters. The van der Waals surface area contributed by atoms with Gasteiger partial charge in [-0.1, -0.05) is 78.5 Å². The number of thiophene rings is 1. The SMILES string of the molecule is C=CCn1c(SCCCC(=O)c2ccccc2)nc2sc(-c3ccccc3)cc2c1=O. The van der Waals surface area contributed by atoms with Crippen molar-refractivity contribution in [3.63, 3.8) is 0 Å². The van der Waals surface area contributed by atoms with Crippen molar-refractivity contribution in [2.75, 3.05) is 5.75 Å². The average Bonchev–Trinajstić information content (AvgIpc) is 3.24. The summed E-state index contributed by atoms with van der Waals surface area (Å²) >= 11 is 3.05. The van der Waals surface area contributed by atoms with Crippen molar-refractivity contribution in [2.45, 2.75) is 24.5 Å². The first kappa shape index (κ1) is 21.3. The van der Waals surface area contributed by atoms with Crippen LogP contribution in [0, 0.1) is 0 Å². The molecular formula is C25H22N2O2S2. The summed E-state index contributed by atoms with van der Waals surface area (Å²) in [5.41, 5.74) is 1.77. The van der Waals surface area contributed by atoms with E-state index in [4.69, 9.17) is 4.98 Å². The lowest BCUT2D eigenvalue weighted by molar-refractivity contribution is 0.0982. The maximum Gasteiger partial charge on any atom is 0.263 e. The van der Waals surface area contributed by atoms with Crippen LogP contribution in [0.25, 0.3) is 20.7 Å². The molecule has 4 aromatic rings. The Hall–Kier alpha value is -2.96. The molecule has 2 aromatic heterocycles. The van der Waals surface area contributed by atoms with Crippen LogP contribution < -0.4 is 5.56 Å². The van der Waals surface area contributed by atoms with Crippen molar-refractivity contribution in [1.82, 2.24) is 9.55 Å². The molecular weight excluding hydrogens is 424 g/mol. The first-order valence-corrected chi connectivity index (χ1v) is 11.9. The highest BCUT2D eigenvalue weighted by Crippen LogP contribution is 2.32. The quantitative estimate of drug-likeness (QED) is 0.103. The maximum absolute atomic E-state index is 13.1. The zero-order valence-electron chi connectivity index (χ0n) is 17.0. The molecule has 0 N–H and O–H groups in total. The van der Waals surface area contributed by atoms with Crippen LogP contribution in [0.3, 0.4) is 0 Å². The Kier molecular flexibility index (Phi) is 6.79. The minimum Gasteiger partial charge on any atom is -0.294 e. The molecule has 0 amide bonds. The van der Waals surface area contributed by atoms with Crippen LogP contribution in [0.15, 0.2) is 89.3 Å². The summed E-state index contributed by atoms with van der Waals surface area (Å²) in [6.07, 6.45) is 2.91. The summed E-state index contributed by atoms with van der Waals surface area (Å²) in [6, 6.07) is 21.3. The van der Waals surface area contributed by atoms with Crippen molar-refractivity contribution in [2.24, 2.45) is 0 Å². The van der Waals surface area contributed by atoms with E-state index >= 15 is 0 Å². The zero-order valence-corrected chi connectivity index (χ0v) is 18.6. The van der Waals surface area contributed by atoms with Crippen molar-refractivity contribution in [1.29, 1.82) is 0 Å². The number of rotatable bonds is 9. The van der Waals surface area contributed by atoms with Crippen LogP contribution >= 0.6 is 23.1 Å². The summed E-state index contributed by atoms with van der Waals surface area (Å²) < 4.78 is 1.67. The van der Waals surface area contributed by atoms with Crippen LogP contribution in [-0.2, 0) is 6.54 Å². The van der Waals surface area contributed by atoms with E-state index in [2.05, 4.69) is 6.58 Å². The Morgan fingerprint density at radius 1 is 1.10 bits per heavy atom. The van der Waals surface area contributed by atoms with Gasteiger partial charge in [0.25, 0.3) is 5.56 Å². The number of fused-ring (bicyclic) bond motifs is 1. The lowest BCUT2D eigenvalue weighted by atomic mass is 10.1. The largest absolute Gasteiger partial charge is 0.294 e. The second-order valence-electron chi connectivity index (χ2n) is 7.04. The number of Topliss-reactive ketones (excluding diaryl/α,β-unsaturated/α-hetero) is 1. The van der Waals surface area contributed by atoms with E-state index in [9.17, 15) is 9.59 Å². The monoisotopic (exact) mass is 446 g/mol. The van der Waals surface area contributed by atoms with Gasteiger partial charge in [-0.2, -0.15) is 0 Å². The molecule has 4 nitrogen and oxygen atoms in total. The van der Waals surface area contributed by atoms with Gasteiger partial charge < -0.3 is 0 Å². The summed E-state index contributed by atoms with van der Waals surface area (Å²) in [7, 11) is 0. The molecule has 4 rings (SSSR count). The normalized spacial score (nSPS) is 11.0. The zero-order chi connectivity index (χ0) is 21.6. The van der Waals surface area contributed by atoms with E-state index in [0.29, 0.717) is 29.3 Å². The van der Waals surface area contributed by atoms with Gasteiger partial charge in [-0.05, 0) is 18.1 Å². The predicted molar refractivity (Wildman–Crippen MR) is 130 cm³/mol. The molecule has 0 unspecified atom stereocenters. The van der Waals surface area contributed by atoms with E-state index in [1.165, 1.54) is 23.1 Å². The van der Waals surface area contributed by atoms with Crippen LogP contribution in [0.5, 0.6) is 0 Å². The highest BCUT2D eigenvalue weighted by molar-refractivity contribution is 7.99. The molecule has 0 saturated carbocycles. The standard InChI is InChI=1S/C25H22N2O2S2/c1-2-15-27-24(29)20-17-22(19-12-7-4-8-13-19)31-23(20)26-25(27)30-16-9-14-21(28)18-10-5-3-6-11-18/h2-8,10-13,17H,1,9,14-16H2. The fourth-order valence-electron chi connectivity index (χ4n) is 3.31. The van der Waals surface area contributed by atoms with Gasteiger partial charge in [-0.15, -0.1) is 17.9 Å². The van der Waals surface area contributed by atoms with Gasteiger partial charge >= 0.3 is 0 Å². The Bertz CT molecular complexity index is 1260. The number of carbonyl (C=O) groups excluding carboxylic acids is 1. The third kappa shape index (κ3) is 4.86. The number of benzene rings is 2. The van der Waals surface area contributed by atoms with Gasteiger partial charge in [-0.25, -0.2) is 4.98 Å². The predicted octanol–water partition coefficient (Wildman–Crippen LogP) is 6.07. The summed E-state index contributed by atoms with van der Waals surface area (Å²) in [6.45, 7) is 4.19. The fraction of sp³-hybridized carbons (Fsp3) is 0.160. The van der Waals surface area contributed by atoms with Gasteiger partial charge in [0.15, 0.2) is 10.9 Å². The Labute approximate surface area is 189 Å². The molecule has 0 aliphatic heterocycles. The lowest BCUT2D eigenvalue weighted by Gasteiger charge is -2.09. The van der Waals surface area contributed by atoms with Gasteiger partial charge in [-0.3, -0.25) is 14.2 Å². The number of hydrogen-bond acceptors (Lipinski definition) is 5. The Morgan fingerprint density at radius 3 is 2.52 bits per heavy atom. The van der Waals surface area contributed by atoms with Gasteiger partial charge in [0.1, 0.15) is 4.83 Å². The molecule has 2 aromatic carbocycles. The fourth-order valence-corrected chi connectivity index (χ4v) is 5.33. The van der Waals surface area contributed by atoms with Crippen LogP contribution in [0.2, 0.25) is 0 Å². The second kappa shape index (κ2) is 9.90. The van der Waals surface area contributed by atoms with Crippen molar-refractivity contribution in [3.05, 3.63) is 95.3 Å². The average molecular weight is 447 g/mol. The van der Waals surface area contributed by atoms with Gasteiger partial charge in [0, 0.05) is 29.2 Å². The molecule has 0 aliphatic rings. The first-order chi connectivity index (χ1) is 15.2. The number of thioether (sulfide) groups is 1. The number of aromatic nitrogens is 2. The maximum atomic E-state index is 13.1. The highest BCUT2D eigenvalue weighted by atomic mass is 32.2. The van der Waals surface area contributed by atoms with Gasteiger partial charge in [0.05, 0.1) is 5.39 Å². The van der Waals surface area contributed by atoms with Gasteiger partial charge in [0.2, 0.25) is 0 Å². The van der Waals surface area contributed by atoms with Crippen LogP contribution in [0.1, 0.15) is 23.2 Å². The second-order valence-corrected chi connectivity index (χ2v) is 9.13. The molecule has 156 valence electrons. The molecule has 0 saturated heterocycles. The van der Waals surface area contributed by atoms with E-state index in [0.717, 1.165) is 27.3 Å². The molecule has 0 bridgehead atoms. The van der Waals surface area contributed by atoms with E-state index in [1.54, 1.807) is 10.6 Å². The van der Waals surface area contributed by atoms with E-state index in [-0.39, 0.29) is 11.3 Å². The topological polar surface area (TPSA) is 52.0 Å². The number of ketones is 1. The minimum atomic E-state index is -0.0498. The number of carbonyl (C=O) groups is 1. The first-order valence-electron chi connectivity index (χ1n) is 10.1. The molecule has 0 spiro atoms. The summed E-state index contributed by atoms with van der Waals surface area (Å²) in [4.78, 5) is 32.0. The Morgan fingerprint density at radius 2 is 1.81 bits per heavy atom. The van der Waals surface area contributed by atoms with Crippen molar-refractivity contribution < 1.29 is 4.79 Å². The molecule has 2 heterocycles. The number of nitrogens with zero attached hydrogens (tertiary/aromatic N) is 2. The lowest BCUT2D eigenvalue weighted by Crippen LogP contribution is -2.22. The third-order valence-corrected chi connectivity index (χ3v) is 7.00. The molecule has 31 heavy (non-hydrogen) atoms. The summed E-state index contributed by atoms with van der Waals surface area (Å²) in [5.74, 6) is 0.851. The smallest absolute Gasteiger partial charge is 0.263 e. The summed E-state index contributed by atoms with van der Waals surface area (Å²) in [5, 5.41) is 1.31. The van der Waals surface area contributed by atoms with E-state index in [1.807, 2.05) is 66.7 Å². The van der Waals surface area contributed by atoms with Crippen molar-refractivity contribution >= 4 is 39.1 Å². The molecule has 0 radical (unpaired) electrons. The highest BCUT2D eigenvalue weighted by Gasteiger charge is 2.15.